The van der Waals surface area contributed by atoms with Crippen molar-refractivity contribution >= 4 is 52.7 Å². The zero-order valence-corrected chi connectivity index (χ0v) is 39.9. The van der Waals surface area contributed by atoms with Crippen LogP contribution in [0.5, 0.6) is 11.5 Å². The van der Waals surface area contributed by atoms with E-state index in [0.29, 0.717) is 80.1 Å². The van der Waals surface area contributed by atoms with Crippen molar-refractivity contribution in [2.24, 2.45) is 11.8 Å². The smallest absolute Gasteiger partial charge is 0.291 e. The molecule has 2 aliphatic rings. The summed E-state index contributed by atoms with van der Waals surface area (Å²) in [5.74, 6) is -0.0619. The molecule has 4 aromatic rings. The van der Waals surface area contributed by atoms with Crippen molar-refractivity contribution in [3.05, 3.63) is 95.5 Å². The number of pyridine rings is 1. The first-order chi connectivity index (χ1) is 33.5. The van der Waals surface area contributed by atoms with Gasteiger partial charge in [-0.1, -0.05) is 17.7 Å². The molecule has 0 bridgehead atoms. The minimum atomic E-state index is -0.563. The molecule has 0 radical (unpaired) electrons. The number of hydrogen-bond acceptors (Lipinski definition) is 12. The maximum Gasteiger partial charge on any atom is 0.291 e. The zero-order chi connectivity index (χ0) is 49.0. The summed E-state index contributed by atoms with van der Waals surface area (Å²) in [6.45, 7) is 2.47. The van der Waals surface area contributed by atoms with Crippen LogP contribution in [-0.4, -0.2) is 118 Å². The van der Waals surface area contributed by atoms with Gasteiger partial charge in [-0.2, -0.15) is 0 Å². The molecule has 19 heteroatoms. The molecule has 2 aromatic carbocycles. The number of ether oxygens (including phenoxy) is 4. The molecule has 3 heterocycles. The Morgan fingerprint density at radius 3 is 2.29 bits per heavy atom. The molecule has 6 rings (SSSR count). The molecule has 69 heavy (non-hydrogen) atoms. The lowest BCUT2D eigenvalue weighted by Crippen LogP contribution is -2.41. The van der Waals surface area contributed by atoms with Gasteiger partial charge < -0.3 is 54.8 Å². The molecule has 5 N–H and O–H groups in total. The van der Waals surface area contributed by atoms with Crippen LogP contribution >= 0.6 is 11.6 Å². The molecule has 1 saturated carbocycles. The highest BCUT2D eigenvalue weighted by atomic mass is 35.5. The first kappa shape index (κ1) is 51.9. The van der Waals surface area contributed by atoms with Crippen LogP contribution in [0.25, 0.3) is 11.3 Å². The number of aromatic nitrogens is 1. The van der Waals surface area contributed by atoms with E-state index in [1.165, 1.54) is 7.11 Å². The summed E-state index contributed by atoms with van der Waals surface area (Å²) in [5.41, 5.74) is 2.07. The van der Waals surface area contributed by atoms with Gasteiger partial charge in [0.1, 0.15) is 17.3 Å². The Morgan fingerprint density at radius 1 is 0.783 bits per heavy atom. The summed E-state index contributed by atoms with van der Waals surface area (Å²) in [6, 6.07) is 18.8. The highest BCUT2D eigenvalue weighted by Gasteiger charge is 2.42. The predicted octanol–water partition coefficient (Wildman–Crippen LogP) is 5.47. The normalized spacial score (nSPS) is 17.7. The van der Waals surface area contributed by atoms with E-state index in [9.17, 15) is 28.8 Å². The highest BCUT2D eigenvalue weighted by molar-refractivity contribution is 6.30. The zero-order valence-electron chi connectivity index (χ0n) is 39.1. The van der Waals surface area contributed by atoms with Gasteiger partial charge in [0.25, 0.3) is 5.91 Å². The quantitative estimate of drug-likeness (QED) is 0.0494. The number of nitrogens with one attached hydrogen (secondary N) is 5. The lowest BCUT2D eigenvalue weighted by Gasteiger charge is -2.28. The molecule has 6 amide bonds. The topological polar surface area (TPSA) is 229 Å². The molecule has 1 aliphatic heterocycles. The van der Waals surface area contributed by atoms with E-state index >= 15 is 0 Å². The van der Waals surface area contributed by atoms with Crippen molar-refractivity contribution < 1.29 is 52.1 Å². The van der Waals surface area contributed by atoms with Gasteiger partial charge in [-0.3, -0.25) is 33.8 Å². The van der Waals surface area contributed by atoms with Crippen molar-refractivity contribution in [3.63, 3.8) is 0 Å². The predicted molar refractivity (Wildman–Crippen MR) is 256 cm³/mol. The number of furan rings is 1. The number of hydrogen-bond donors (Lipinski definition) is 5. The van der Waals surface area contributed by atoms with Crippen LogP contribution in [0.1, 0.15) is 79.9 Å². The molecule has 0 unspecified atom stereocenters. The fraction of sp³-hybridized carbons (Fsp3) is 0.460. The van der Waals surface area contributed by atoms with Crippen LogP contribution in [0.2, 0.25) is 5.02 Å². The fourth-order valence-corrected chi connectivity index (χ4v) is 8.35. The Balaban J connectivity index is 0.740. The number of amides is 6. The third kappa shape index (κ3) is 16.3. The van der Waals surface area contributed by atoms with Gasteiger partial charge >= 0.3 is 0 Å². The number of carbonyl (C=O) groups is 6. The minimum Gasteiger partial charge on any atom is -0.497 e. The highest BCUT2D eigenvalue weighted by Crippen LogP contribution is 2.37. The standard InChI is InChI=1S/C50H62ClN7O11/c1-58-46(61)31-41(47(58)35-6-5-19-52-32-35)49(63)55-21-17-44(59)53-22-25-67-27-26-66-24-18-45(60)56-37-13-9-34(10-14-37)48(62)54-20-3-4-23-68-40-29-38(28-39(30-40)65-2)57-50(64)43-16-15-42(69-43)33-7-11-36(51)12-8-33/h5-8,11-12,15-16,19,28-30,32,34,37,41,47H,3-4,9-10,13-14,17-18,20-27,31H2,1-2H3,(H,53,59)(H,54,62)(H,55,63)(H,56,60)(H,57,64)/t34?,37?,41-,47+/m0/s1. The first-order valence-electron chi connectivity index (χ1n) is 23.4. The Hall–Kier alpha value is -6.50. The molecule has 1 saturated heterocycles. The number of carbonyl (C=O) groups excluding carboxylic acids is 6. The minimum absolute atomic E-state index is 0.0156. The number of benzene rings is 2. The molecule has 1 aliphatic carbocycles. The van der Waals surface area contributed by atoms with Crippen molar-refractivity contribution in [3.8, 4) is 22.8 Å². The van der Waals surface area contributed by atoms with Crippen LogP contribution in [0.15, 0.2) is 83.5 Å². The van der Waals surface area contributed by atoms with E-state index in [-0.39, 0.29) is 86.3 Å². The SMILES string of the molecule is COc1cc(NC(=O)c2ccc(-c3ccc(Cl)cc3)o2)cc(OCCCCNC(=O)C2CCC(NC(=O)CCOCCOCCNC(=O)CCNC(=O)[C@H]3CC(=O)N(C)[C@@H]3c3cccnc3)CC2)c1. The molecule has 2 atom stereocenters. The second kappa shape index (κ2) is 26.9. The summed E-state index contributed by atoms with van der Waals surface area (Å²) in [5, 5.41) is 15.1. The second-order valence-corrected chi connectivity index (χ2v) is 17.3. The second-order valence-electron chi connectivity index (χ2n) is 16.9. The van der Waals surface area contributed by atoms with Gasteiger partial charge in [0.05, 0.1) is 52.1 Å². The van der Waals surface area contributed by atoms with Crippen molar-refractivity contribution in [1.82, 2.24) is 31.2 Å². The van der Waals surface area contributed by atoms with E-state index in [1.54, 1.807) is 72.9 Å². The summed E-state index contributed by atoms with van der Waals surface area (Å²) in [4.78, 5) is 81.6. The molecule has 18 nitrogen and oxygen atoms in total. The van der Waals surface area contributed by atoms with Gasteiger partial charge in [0.15, 0.2) is 5.76 Å². The van der Waals surface area contributed by atoms with Crippen LogP contribution in [-0.2, 0) is 33.4 Å². The lowest BCUT2D eigenvalue weighted by atomic mass is 9.85. The monoisotopic (exact) mass is 971 g/mol. The van der Waals surface area contributed by atoms with Gasteiger partial charge in [-0.05, 0) is 86.6 Å². The average Bonchev–Trinajstić information content (AvgIpc) is 3.97. The van der Waals surface area contributed by atoms with Crippen molar-refractivity contribution in [2.75, 3.05) is 72.1 Å². The molecule has 0 spiro atoms. The summed E-state index contributed by atoms with van der Waals surface area (Å²) in [6.07, 6.45) is 7.93. The maximum atomic E-state index is 13.0. The third-order valence-electron chi connectivity index (χ3n) is 11.9. The van der Waals surface area contributed by atoms with E-state index in [0.717, 1.165) is 30.4 Å². The van der Waals surface area contributed by atoms with Crippen molar-refractivity contribution in [1.29, 1.82) is 0 Å². The number of nitrogens with zero attached hydrogens (tertiary/aromatic N) is 2. The summed E-state index contributed by atoms with van der Waals surface area (Å²) in [7, 11) is 3.21. The summed E-state index contributed by atoms with van der Waals surface area (Å²) >= 11 is 5.98. The first-order valence-corrected chi connectivity index (χ1v) is 23.8. The van der Waals surface area contributed by atoms with Crippen LogP contribution < -0.4 is 36.1 Å². The average molecular weight is 973 g/mol. The molecule has 2 fully saturated rings. The van der Waals surface area contributed by atoms with Crippen LogP contribution in [0.4, 0.5) is 5.69 Å². The Morgan fingerprint density at radius 2 is 1.54 bits per heavy atom. The number of halogens is 1. The van der Waals surface area contributed by atoms with E-state index in [4.69, 9.17) is 35.0 Å². The maximum absolute atomic E-state index is 13.0. The van der Waals surface area contributed by atoms with Crippen LogP contribution in [0, 0.1) is 11.8 Å². The van der Waals surface area contributed by atoms with E-state index in [2.05, 4.69) is 31.6 Å². The summed E-state index contributed by atoms with van der Waals surface area (Å²) < 4.78 is 28.2. The van der Waals surface area contributed by atoms with Gasteiger partial charge in [0, 0.05) is 105 Å². The number of anilines is 1. The number of likely N-dealkylation sites (tertiary alicyclic amines) is 1. The van der Waals surface area contributed by atoms with Gasteiger partial charge in [-0.15, -0.1) is 0 Å². The van der Waals surface area contributed by atoms with E-state index in [1.807, 2.05) is 18.2 Å². The van der Waals surface area contributed by atoms with E-state index < -0.39 is 17.9 Å². The van der Waals surface area contributed by atoms with Crippen molar-refractivity contribution in [2.45, 2.75) is 69.9 Å². The Bertz CT molecular complexity index is 2320. The third-order valence-corrected chi connectivity index (χ3v) is 12.2. The number of rotatable bonds is 26. The Kier molecular flexibility index (Phi) is 20.2. The number of unbranched alkanes of at least 4 members (excludes halogenated alkanes) is 1. The largest absolute Gasteiger partial charge is 0.497 e. The lowest BCUT2D eigenvalue weighted by molar-refractivity contribution is -0.128. The van der Waals surface area contributed by atoms with Gasteiger partial charge in [0.2, 0.25) is 29.5 Å². The molecule has 370 valence electrons. The Labute approximate surface area is 406 Å². The van der Waals surface area contributed by atoms with Crippen LogP contribution in [0.3, 0.4) is 0 Å². The van der Waals surface area contributed by atoms with Gasteiger partial charge in [-0.25, -0.2) is 0 Å². The number of methoxy groups -OCH3 is 1. The molecule has 2 aromatic heterocycles. The fourth-order valence-electron chi connectivity index (χ4n) is 8.22. The molecular formula is C50H62ClN7O11. The molecular weight excluding hydrogens is 910 g/mol.